The van der Waals surface area contributed by atoms with Gasteiger partial charge in [0, 0.05) is 6.42 Å². The first kappa shape index (κ1) is 26.0. The summed E-state index contributed by atoms with van der Waals surface area (Å²) in [7, 11) is 1.07. The average molecular weight is 467 g/mol. The summed E-state index contributed by atoms with van der Waals surface area (Å²) in [4.78, 5) is 13.0. The van der Waals surface area contributed by atoms with Crippen LogP contribution >= 0.6 is 0 Å². The van der Waals surface area contributed by atoms with E-state index >= 15 is 0 Å². The van der Waals surface area contributed by atoms with Crippen LogP contribution in [0.4, 0.5) is 0 Å². The fraction of sp³-hybridized carbons (Fsp3) is 0.435. The molecule has 0 aromatic heterocycles. The predicted octanol–water partition coefficient (Wildman–Crippen LogP) is 2.53. The number of benzene rings is 2. The minimum Gasteiger partial charge on any atom is -0.457 e. The summed E-state index contributed by atoms with van der Waals surface area (Å²) < 4.78 is 36.2. The number of carbonyl (C=O) groups excluding carboxylic acids is 1. The van der Waals surface area contributed by atoms with Crippen molar-refractivity contribution < 1.29 is 36.3 Å². The lowest BCUT2D eigenvalue weighted by Gasteiger charge is -2.41. The zero-order chi connectivity index (χ0) is 23.8. The van der Waals surface area contributed by atoms with E-state index in [0.717, 1.165) is 31.0 Å². The summed E-state index contributed by atoms with van der Waals surface area (Å²) in [5, 5.41) is 11.4. The molecule has 1 unspecified atom stereocenters. The van der Waals surface area contributed by atoms with Crippen molar-refractivity contribution in [3.8, 4) is 0 Å². The molecule has 0 amide bonds. The van der Waals surface area contributed by atoms with Crippen LogP contribution in [0.3, 0.4) is 0 Å². The molecule has 0 radical (unpaired) electrons. The Morgan fingerprint density at radius 1 is 1.03 bits per heavy atom. The lowest BCUT2D eigenvalue weighted by molar-refractivity contribution is -0.920. The number of aliphatic hydroxyl groups is 1. The van der Waals surface area contributed by atoms with Gasteiger partial charge in [-0.25, -0.2) is 4.79 Å². The van der Waals surface area contributed by atoms with E-state index in [4.69, 9.17) is 9.29 Å². The number of ether oxygens (including phenoxy) is 1. The maximum absolute atomic E-state index is 13.0. The summed E-state index contributed by atoms with van der Waals surface area (Å²) >= 11 is 0. The highest BCUT2D eigenvalue weighted by Crippen LogP contribution is 2.31. The Bertz CT molecular complexity index is 923. The SMILES string of the molecule is COS(=O)(=O)O.C[N+]1(C)CCCCC1COC(=O)C(O)(c1ccccc1)c1ccccc1. The van der Waals surface area contributed by atoms with E-state index < -0.39 is 22.0 Å². The van der Waals surface area contributed by atoms with E-state index in [-0.39, 0.29) is 6.04 Å². The monoisotopic (exact) mass is 466 g/mol. The van der Waals surface area contributed by atoms with Crippen LogP contribution in [0.2, 0.25) is 0 Å². The average Bonchev–Trinajstić information content (AvgIpc) is 2.78. The molecule has 1 atom stereocenters. The minimum atomic E-state index is -4.16. The standard InChI is InChI=1S/C22H28NO3.CH4O4S/c1-23(2)16-10-9-15-20(23)17-26-21(24)22(25,18-11-5-3-6-12-18)19-13-7-4-8-14-19;1-5-6(2,3)4/h3-8,11-14,20,25H,9-10,15-17H2,1-2H3;1H3,(H,2,3,4)/q+1;. The van der Waals surface area contributed by atoms with E-state index in [1.54, 1.807) is 24.3 Å². The third kappa shape index (κ3) is 6.85. The maximum atomic E-state index is 13.0. The van der Waals surface area contributed by atoms with E-state index in [1.807, 2.05) is 36.4 Å². The topological polar surface area (TPSA) is 110 Å². The zero-order valence-corrected chi connectivity index (χ0v) is 19.5. The van der Waals surface area contributed by atoms with Gasteiger partial charge >= 0.3 is 16.4 Å². The van der Waals surface area contributed by atoms with E-state index in [9.17, 15) is 18.3 Å². The number of likely N-dealkylation sites (N-methyl/N-ethyl adjacent to an activating group) is 1. The molecule has 1 aliphatic heterocycles. The number of hydrogen-bond acceptors (Lipinski definition) is 6. The molecule has 32 heavy (non-hydrogen) atoms. The molecule has 1 aliphatic rings. The normalized spacial score (nSPS) is 18.2. The second-order valence-corrected chi connectivity index (χ2v) is 9.48. The number of nitrogens with zero attached hydrogens (tertiary/aromatic N) is 1. The predicted molar refractivity (Wildman–Crippen MR) is 120 cm³/mol. The molecule has 0 aliphatic carbocycles. The molecule has 1 fully saturated rings. The van der Waals surface area contributed by atoms with Gasteiger partial charge in [0.05, 0.1) is 27.7 Å². The molecule has 1 heterocycles. The highest BCUT2D eigenvalue weighted by atomic mass is 32.3. The maximum Gasteiger partial charge on any atom is 0.397 e. The van der Waals surface area contributed by atoms with Gasteiger partial charge in [-0.05, 0) is 24.0 Å². The molecule has 0 saturated carbocycles. The van der Waals surface area contributed by atoms with Gasteiger partial charge in [-0.3, -0.25) is 8.74 Å². The van der Waals surface area contributed by atoms with Gasteiger partial charge in [0.1, 0.15) is 12.6 Å². The number of piperidine rings is 1. The Morgan fingerprint density at radius 2 is 1.50 bits per heavy atom. The molecule has 2 N–H and O–H groups in total. The lowest BCUT2D eigenvalue weighted by Crippen LogP contribution is -2.54. The molecule has 0 bridgehead atoms. The van der Waals surface area contributed by atoms with Crippen molar-refractivity contribution in [2.24, 2.45) is 0 Å². The van der Waals surface area contributed by atoms with Crippen LogP contribution in [0.15, 0.2) is 60.7 Å². The third-order valence-corrected chi connectivity index (χ3v) is 6.23. The Balaban J connectivity index is 0.000000534. The van der Waals surface area contributed by atoms with Gasteiger partial charge in [-0.15, -0.1) is 0 Å². The van der Waals surface area contributed by atoms with Crippen LogP contribution in [0.1, 0.15) is 30.4 Å². The van der Waals surface area contributed by atoms with Gasteiger partial charge in [-0.2, -0.15) is 8.42 Å². The van der Waals surface area contributed by atoms with Crippen LogP contribution in [-0.4, -0.2) is 68.9 Å². The van der Waals surface area contributed by atoms with Crippen molar-refractivity contribution in [1.29, 1.82) is 0 Å². The van der Waals surface area contributed by atoms with E-state index in [1.165, 1.54) is 6.42 Å². The Labute approximate surface area is 189 Å². The molecule has 2 aromatic rings. The second kappa shape index (κ2) is 11.0. The zero-order valence-electron chi connectivity index (χ0n) is 18.7. The molecular formula is C23H32NO7S+. The van der Waals surface area contributed by atoms with Crippen LogP contribution in [0.25, 0.3) is 0 Å². The number of rotatable bonds is 6. The van der Waals surface area contributed by atoms with Crippen LogP contribution in [0.5, 0.6) is 0 Å². The van der Waals surface area contributed by atoms with Crippen molar-refractivity contribution in [3.05, 3.63) is 71.8 Å². The summed E-state index contributed by atoms with van der Waals surface area (Å²) in [6.45, 7) is 1.41. The van der Waals surface area contributed by atoms with Crippen molar-refractivity contribution in [3.63, 3.8) is 0 Å². The molecule has 2 aromatic carbocycles. The lowest BCUT2D eigenvalue weighted by atomic mass is 9.86. The molecule has 8 nitrogen and oxygen atoms in total. The van der Waals surface area contributed by atoms with Crippen molar-refractivity contribution >= 4 is 16.4 Å². The van der Waals surface area contributed by atoms with Crippen molar-refractivity contribution in [2.75, 3.05) is 34.4 Å². The fourth-order valence-electron chi connectivity index (χ4n) is 3.75. The van der Waals surface area contributed by atoms with Gasteiger partial charge in [-0.1, -0.05) is 60.7 Å². The van der Waals surface area contributed by atoms with Crippen LogP contribution in [-0.2, 0) is 29.7 Å². The molecule has 3 rings (SSSR count). The summed E-state index contributed by atoms with van der Waals surface area (Å²) in [5.41, 5.74) is -0.754. The molecule has 176 valence electrons. The third-order valence-electron chi connectivity index (χ3n) is 5.81. The Hall–Kier alpha value is -2.30. The van der Waals surface area contributed by atoms with Crippen molar-refractivity contribution in [1.82, 2.24) is 0 Å². The first-order valence-electron chi connectivity index (χ1n) is 10.4. The molecule has 0 spiro atoms. The molecular weight excluding hydrogens is 434 g/mol. The number of esters is 1. The summed E-state index contributed by atoms with van der Waals surface area (Å²) in [6.07, 6.45) is 3.40. The fourth-order valence-corrected chi connectivity index (χ4v) is 3.75. The quantitative estimate of drug-likeness (QED) is 0.382. The Kier molecular flexibility index (Phi) is 8.94. The number of carbonyl (C=O) groups is 1. The first-order valence-corrected chi connectivity index (χ1v) is 11.7. The Morgan fingerprint density at radius 3 is 1.91 bits per heavy atom. The van der Waals surface area contributed by atoms with Gasteiger partial charge in [0.15, 0.2) is 0 Å². The highest BCUT2D eigenvalue weighted by Gasteiger charge is 2.43. The number of hydrogen-bond donors (Lipinski definition) is 2. The first-order chi connectivity index (χ1) is 15.0. The number of likely N-dealkylation sites (tertiary alicyclic amines) is 1. The number of quaternary nitrogens is 1. The van der Waals surface area contributed by atoms with Crippen LogP contribution < -0.4 is 0 Å². The second-order valence-electron chi connectivity index (χ2n) is 8.29. The summed E-state index contributed by atoms with van der Waals surface area (Å²) in [6, 6.07) is 18.3. The largest absolute Gasteiger partial charge is 0.457 e. The minimum absolute atomic E-state index is 0.267. The van der Waals surface area contributed by atoms with E-state index in [2.05, 4.69) is 18.3 Å². The van der Waals surface area contributed by atoms with Gasteiger partial charge < -0.3 is 14.3 Å². The summed E-state index contributed by atoms with van der Waals surface area (Å²) in [5.74, 6) is -0.611. The molecule has 1 saturated heterocycles. The van der Waals surface area contributed by atoms with Crippen molar-refractivity contribution in [2.45, 2.75) is 30.9 Å². The smallest absolute Gasteiger partial charge is 0.397 e. The van der Waals surface area contributed by atoms with E-state index in [0.29, 0.717) is 17.7 Å². The van der Waals surface area contributed by atoms with Gasteiger partial charge in [0.2, 0.25) is 5.60 Å². The van der Waals surface area contributed by atoms with Gasteiger partial charge in [0.25, 0.3) is 0 Å². The molecule has 9 heteroatoms. The highest BCUT2D eigenvalue weighted by molar-refractivity contribution is 7.80. The van der Waals surface area contributed by atoms with Crippen LogP contribution in [0, 0.1) is 0 Å².